The summed E-state index contributed by atoms with van der Waals surface area (Å²) in [6.07, 6.45) is 1.47. The van der Waals surface area contributed by atoms with Gasteiger partial charge in [-0.15, -0.1) is 0 Å². The second-order valence-electron chi connectivity index (χ2n) is 4.86. The van der Waals surface area contributed by atoms with Crippen molar-refractivity contribution in [3.63, 3.8) is 0 Å². The number of fused-ring (bicyclic) bond motifs is 1. The molecule has 19 heavy (non-hydrogen) atoms. The van der Waals surface area contributed by atoms with E-state index < -0.39 is 0 Å². The largest absolute Gasteiger partial charge is 0.294 e. The van der Waals surface area contributed by atoms with Crippen molar-refractivity contribution in [1.82, 2.24) is 0 Å². The maximum Gasteiger partial charge on any atom is 0.166 e. The van der Waals surface area contributed by atoms with Crippen molar-refractivity contribution < 1.29 is 4.79 Å². The van der Waals surface area contributed by atoms with Gasteiger partial charge < -0.3 is 0 Å². The van der Waals surface area contributed by atoms with Crippen LogP contribution in [0.25, 0.3) is 0 Å². The van der Waals surface area contributed by atoms with Gasteiger partial charge in [-0.25, -0.2) is 0 Å². The van der Waals surface area contributed by atoms with Gasteiger partial charge in [0.25, 0.3) is 0 Å². The zero-order valence-electron chi connectivity index (χ0n) is 10.2. The fourth-order valence-corrected chi connectivity index (χ4v) is 3.00. The van der Waals surface area contributed by atoms with Crippen LogP contribution in [0.15, 0.2) is 42.5 Å². The van der Waals surface area contributed by atoms with Crippen LogP contribution in [-0.2, 0) is 12.8 Å². The monoisotopic (exact) mass is 290 g/mol. The third kappa shape index (κ3) is 2.41. The summed E-state index contributed by atoms with van der Waals surface area (Å²) in [5.74, 6) is 0.198. The number of hydrogen-bond donors (Lipinski definition) is 0. The summed E-state index contributed by atoms with van der Waals surface area (Å²) in [6, 6.07) is 13.2. The zero-order valence-corrected chi connectivity index (χ0v) is 11.7. The van der Waals surface area contributed by atoms with E-state index in [1.807, 2.05) is 42.5 Å². The molecule has 0 N–H and O–H groups in total. The van der Waals surface area contributed by atoms with Gasteiger partial charge in [0.05, 0.1) is 0 Å². The molecule has 1 aliphatic carbocycles. The van der Waals surface area contributed by atoms with E-state index in [4.69, 9.17) is 23.2 Å². The predicted molar refractivity (Wildman–Crippen MR) is 78.1 cm³/mol. The van der Waals surface area contributed by atoms with Crippen LogP contribution in [0.5, 0.6) is 0 Å². The van der Waals surface area contributed by atoms with Crippen LogP contribution in [0, 0.1) is 5.92 Å². The van der Waals surface area contributed by atoms with Crippen molar-refractivity contribution in [3.05, 3.63) is 69.2 Å². The molecule has 0 saturated heterocycles. The molecular formula is C16H12Cl2O. The zero-order chi connectivity index (χ0) is 13.4. The molecular weight excluding hydrogens is 279 g/mol. The molecule has 2 aromatic carbocycles. The van der Waals surface area contributed by atoms with Gasteiger partial charge in [-0.3, -0.25) is 4.79 Å². The Balaban J connectivity index is 1.84. The minimum absolute atomic E-state index is 0.00363. The number of halogens is 2. The van der Waals surface area contributed by atoms with E-state index >= 15 is 0 Å². The average molecular weight is 291 g/mol. The lowest BCUT2D eigenvalue weighted by Crippen LogP contribution is -2.12. The highest BCUT2D eigenvalue weighted by molar-refractivity contribution is 6.32. The molecule has 2 aromatic rings. The molecule has 0 fully saturated rings. The molecule has 1 nitrogen and oxygen atoms in total. The summed E-state index contributed by atoms with van der Waals surface area (Å²) in [5, 5.41) is 1.41. The quantitative estimate of drug-likeness (QED) is 0.790. The molecule has 1 aliphatic rings. The van der Waals surface area contributed by atoms with Crippen LogP contribution in [-0.4, -0.2) is 5.78 Å². The molecule has 3 heteroatoms. The second kappa shape index (κ2) is 4.99. The van der Waals surface area contributed by atoms with Crippen molar-refractivity contribution in [2.24, 2.45) is 5.92 Å². The third-order valence-corrected chi connectivity index (χ3v) is 4.21. The summed E-state index contributed by atoms with van der Waals surface area (Å²) in [7, 11) is 0. The van der Waals surface area contributed by atoms with E-state index in [1.165, 1.54) is 0 Å². The summed E-state index contributed by atoms with van der Waals surface area (Å²) >= 11 is 12.0. The molecule has 0 bridgehead atoms. The fourth-order valence-electron chi connectivity index (χ4n) is 2.63. The lowest BCUT2D eigenvalue weighted by atomic mass is 9.96. The SMILES string of the molecule is O=C1c2cccc(Cl)c2CC1Cc1ccc(Cl)cc1. The van der Waals surface area contributed by atoms with Crippen molar-refractivity contribution in [1.29, 1.82) is 0 Å². The number of hydrogen-bond acceptors (Lipinski definition) is 1. The predicted octanol–water partition coefficient (Wildman–Crippen LogP) is 4.59. The first-order valence-electron chi connectivity index (χ1n) is 6.21. The van der Waals surface area contributed by atoms with Gasteiger partial charge in [0, 0.05) is 21.5 Å². The van der Waals surface area contributed by atoms with Crippen LogP contribution < -0.4 is 0 Å². The van der Waals surface area contributed by atoms with Crippen LogP contribution in [0.4, 0.5) is 0 Å². The van der Waals surface area contributed by atoms with Crippen LogP contribution in [0.2, 0.25) is 10.0 Å². The van der Waals surface area contributed by atoms with Gasteiger partial charge >= 0.3 is 0 Å². The van der Waals surface area contributed by atoms with Gasteiger partial charge in [0.2, 0.25) is 0 Å². The molecule has 1 unspecified atom stereocenters. The number of rotatable bonds is 2. The van der Waals surface area contributed by atoms with E-state index in [2.05, 4.69) is 0 Å². The molecule has 0 aromatic heterocycles. The minimum Gasteiger partial charge on any atom is -0.294 e. The van der Waals surface area contributed by atoms with E-state index in [0.717, 1.165) is 29.5 Å². The summed E-state index contributed by atoms with van der Waals surface area (Å²) in [6.45, 7) is 0. The van der Waals surface area contributed by atoms with Crippen molar-refractivity contribution in [2.45, 2.75) is 12.8 Å². The second-order valence-corrected chi connectivity index (χ2v) is 5.71. The van der Waals surface area contributed by atoms with Crippen LogP contribution in [0.1, 0.15) is 21.5 Å². The van der Waals surface area contributed by atoms with E-state index in [-0.39, 0.29) is 11.7 Å². The average Bonchev–Trinajstić information content (AvgIpc) is 2.72. The fraction of sp³-hybridized carbons (Fsp3) is 0.188. The highest BCUT2D eigenvalue weighted by atomic mass is 35.5. The first-order chi connectivity index (χ1) is 9.15. The Hall–Kier alpha value is -1.31. The molecule has 1 atom stereocenters. The van der Waals surface area contributed by atoms with Crippen molar-refractivity contribution >= 4 is 29.0 Å². The van der Waals surface area contributed by atoms with Gasteiger partial charge in [0.1, 0.15) is 0 Å². The Bertz CT molecular complexity index is 632. The van der Waals surface area contributed by atoms with Crippen molar-refractivity contribution in [3.8, 4) is 0 Å². The molecule has 0 radical (unpaired) electrons. The van der Waals surface area contributed by atoms with E-state index in [9.17, 15) is 4.79 Å². The Kier molecular flexibility index (Phi) is 3.34. The summed E-state index contributed by atoms with van der Waals surface area (Å²) in [5.41, 5.74) is 2.91. The smallest absolute Gasteiger partial charge is 0.166 e. The standard InChI is InChI=1S/C16H12Cl2O/c17-12-6-4-10(5-7-12)8-11-9-14-13(16(11)19)2-1-3-15(14)18/h1-7,11H,8-9H2. The summed E-state index contributed by atoms with van der Waals surface area (Å²) < 4.78 is 0. The number of carbonyl (C=O) groups is 1. The van der Waals surface area contributed by atoms with E-state index in [1.54, 1.807) is 0 Å². The number of benzene rings is 2. The first kappa shape index (κ1) is 12.7. The lowest BCUT2D eigenvalue weighted by Gasteiger charge is -2.07. The lowest BCUT2D eigenvalue weighted by molar-refractivity contribution is 0.0936. The first-order valence-corrected chi connectivity index (χ1v) is 6.97. The Morgan fingerprint density at radius 1 is 1.05 bits per heavy atom. The number of ketones is 1. The number of Topliss-reactive ketones (excluding diaryl/α,β-unsaturated/α-hetero) is 1. The van der Waals surface area contributed by atoms with Gasteiger partial charge in [-0.1, -0.05) is 47.5 Å². The van der Waals surface area contributed by atoms with E-state index in [0.29, 0.717) is 10.0 Å². The molecule has 0 saturated carbocycles. The molecule has 0 aliphatic heterocycles. The topological polar surface area (TPSA) is 17.1 Å². The maximum atomic E-state index is 12.3. The molecule has 3 rings (SSSR count). The van der Waals surface area contributed by atoms with Crippen LogP contribution >= 0.6 is 23.2 Å². The highest BCUT2D eigenvalue weighted by Crippen LogP contribution is 2.33. The Labute approximate surface area is 122 Å². The maximum absolute atomic E-state index is 12.3. The third-order valence-electron chi connectivity index (χ3n) is 3.60. The van der Waals surface area contributed by atoms with Gasteiger partial charge in [-0.2, -0.15) is 0 Å². The molecule has 96 valence electrons. The molecule has 0 spiro atoms. The van der Waals surface area contributed by atoms with Crippen molar-refractivity contribution in [2.75, 3.05) is 0 Å². The Morgan fingerprint density at radius 3 is 2.47 bits per heavy atom. The number of carbonyl (C=O) groups excluding carboxylic acids is 1. The minimum atomic E-state index is -0.00363. The molecule has 0 heterocycles. The summed E-state index contributed by atoms with van der Waals surface area (Å²) in [4.78, 5) is 12.3. The normalized spacial score (nSPS) is 17.6. The molecule has 0 amide bonds. The van der Waals surface area contributed by atoms with Gasteiger partial charge in [0.15, 0.2) is 5.78 Å². The highest BCUT2D eigenvalue weighted by Gasteiger charge is 2.31. The Morgan fingerprint density at radius 2 is 1.79 bits per heavy atom. The van der Waals surface area contributed by atoms with Gasteiger partial charge in [-0.05, 0) is 42.2 Å². The van der Waals surface area contributed by atoms with Crippen LogP contribution in [0.3, 0.4) is 0 Å².